The van der Waals surface area contributed by atoms with Gasteiger partial charge in [0.15, 0.2) is 0 Å². The van der Waals surface area contributed by atoms with Crippen molar-refractivity contribution in [2.45, 2.75) is 0 Å². The zero-order valence-electron chi connectivity index (χ0n) is 12.5. The summed E-state index contributed by atoms with van der Waals surface area (Å²) in [6, 6.07) is 7.12. The summed E-state index contributed by atoms with van der Waals surface area (Å²) in [6.07, 6.45) is 4.55. The summed E-state index contributed by atoms with van der Waals surface area (Å²) in [6.45, 7) is 0. The Hall–Kier alpha value is -2.67. The lowest BCUT2D eigenvalue weighted by Crippen LogP contribution is -2.27. The molecule has 0 amide bonds. The summed E-state index contributed by atoms with van der Waals surface area (Å²) >= 11 is 1.21. The largest absolute Gasteiger partial charge is 0.497 e. The maximum absolute atomic E-state index is 12.7. The van der Waals surface area contributed by atoms with Crippen molar-refractivity contribution in [3.05, 3.63) is 58.6 Å². The molecule has 0 fully saturated rings. The minimum Gasteiger partial charge on any atom is -0.497 e. The topological polar surface area (TPSA) is 81.2 Å². The van der Waals surface area contributed by atoms with E-state index in [0.29, 0.717) is 16.3 Å². The number of carbonyl (C=O) groups excluding carboxylic acids is 2. The Morgan fingerprint density at radius 2 is 1.78 bits per heavy atom. The third-order valence-corrected chi connectivity index (χ3v) is 4.13. The average Bonchev–Trinajstić information content (AvgIpc) is 2.60. The first-order valence-corrected chi connectivity index (χ1v) is 7.98. The van der Waals surface area contributed by atoms with Crippen LogP contribution in [-0.4, -0.2) is 34.9 Å². The molecular formula is C16H13N3O3S. The molecule has 6 nitrogen and oxygen atoms in total. The summed E-state index contributed by atoms with van der Waals surface area (Å²) in [5, 5.41) is 3.02. The van der Waals surface area contributed by atoms with E-state index < -0.39 is 0 Å². The summed E-state index contributed by atoms with van der Waals surface area (Å²) in [5.41, 5.74) is 1.03. The molecule has 1 aliphatic carbocycles. The van der Waals surface area contributed by atoms with Gasteiger partial charge in [-0.05, 0) is 18.4 Å². The van der Waals surface area contributed by atoms with Crippen LogP contribution in [0, 0.1) is 0 Å². The summed E-state index contributed by atoms with van der Waals surface area (Å²) < 4.78 is 5.17. The highest BCUT2D eigenvalue weighted by molar-refractivity contribution is 8.03. The second-order valence-corrected chi connectivity index (χ2v) is 5.49. The molecule has 1 heterocycles. The van der Waals surface area contributed by atoms with Gasteiger partial charge in [-0.2, -0.15) is 0 Å². The molecule has 1 N–H and O–H groups in total. The molecule has 0 bridgehead atoms. The Kier molecular flexibility index (Phi) is 4.12. The minimum absolute atomic E-state index is 0.0701. The van der Waals surface area contributed by atoms with Crippen molar-refractivity contribution in [3.8, 4) is 5.75 Å². The molecule has 7 heteroatoms. The number of rotatable bonds is 4. The van der Waals surface area contributed by atoms with Gasteiger partial charge in [0.2, 0.25) is 11.6 Å². The number of methoxy groups -OCH3 is 1. The Balaban J connectivity index is 2.05. The van der Waals surface area contributed by atoms with Crippen molar-refractivity contribution in [2.24, 2.45) is 0 Å². The van der Waals surface area contributed by atoms with E-state index in [1.165, 1.54) is 24.2 Å². The van der Waals surface area contributed by atoms with Crippen molar-refractivity contribution >= 4 is 29.0 Å². The number of nitrogens with zero attached hydrogens (tertiary/aromatic N) is 2. The zero-order chi connectivity index (χ0) is 16.4. The number of hydrogen-bond acceptors (Lipinski definition) is 7. The van der Waals surface area contributed by atoms with E-state index >= 15 is 0 Å². The molecule has 0 radical (unpaired) electrons. The van der Waals surface area contributed by atoms with E-state index in [-0.39, 0.29) is 28.7 Å². The van der Waals surface area contributed by atoms with Crippen LogP contribution in [0.25, 0.3) is 0 Å². The predicted molar refractivity (Wildman–Crippen MR) is 87.9 cm³/mol. The fourth-order valence-electron chi connectivity index (χ4n) is 2.27. The summed E-state index contributed by atoms with van der Waals surface area (Å²) in [7, 11) is 1.56. The van der Waals surface area contributed by atoms with Crippen LogP contribution >= 0.6 is 11.8 Å². The molecular weight excluding hydrogens is 314 g/mol. The van der Waals surface area contributed by atoms with E-state index in [1.54, 1.807) is 37.6 Å². The number of aromatic nitrogens is 2. The van der Waals surface area contributed by atoms with Crippen LogP contribution in [-0.2, 0) is 0 Å². The number of fused-ring (bicyclic) bond motifs is 1. The number of allylic oxidation sites excluding steroid dienone is 2. The van der Waals surface area contributed by atoms with E-state index in [2.05, 4.69) is 15.3 Å². The first kappa shape index (κ1) is 15.2. The van der Waals surface area contributed by atoms with Gasteiger partial charge in [0.05, 0.1) is 12.0 Å². The van der Waals surface area contributed by atoms with Gasteiger partial charge >= 0.3 is 0 Å². The lowest BCUT2D eigenvalue weighted by molar-refractivity contribution is 0.0975. The number of ketones is 2. The monoisotopic (exact) mass is 327 g/mol. The number of thioether (sulfide) groups is 1. The average molecular weight is 327 g/mol. The third-order valence-electron chi connectivity index (χ3n) is 3.33. The number of carbonyl (C=O) groups is 2. The van der Waals surface area contributed by atoms with Crippen molar-refractivity contribution in [2.75, 3.05) is 18.7 Å². The van der Waals surface area contributed by atoms with Gasteiger partial charge in [-0.15, -0.1) is 11.8 Å². The van der Waals surface area contributed by atoms with Crippen LogP contribution in [0.3, 0.4) is 0 Å². The standard InChI is InChI=1S/C16H13N3O3S/c1-22-10-5-3-4-9(8-10)19-13-14(20)11-12(18-7-6-17-11)15(21)16(13)23-2/h3-8,19H,1-2H3. The number of hydrogen-bond donors (Lipinski definition) is 1. The lowest BCUT2D eigenvalue weighted by Gasteiger charge is -2.19. The van der Waals surface area contributed by atoms with E-state index in [0.717, 1.165) is 0 Å². The van der Waals surface area contributed by atoms with Gasteiger partial charge in [0, 0.05) is 24.1 Å². The van der Waals surface area contributed by atoms with Crippen LogP contribution in [0.1, 0.15) is 21.0 Å². The van der Waals surface area contributed by atoms with Crippen LogP contribution in [0.2, 0.25) is 0 Å². The molecule has 23 heavy (non-hydrogen) atoms. The second kappa shape index (κ2) is 6.21. The fourth-order valence-corrected chi connectivity index (χ4v) is 2.90. The smallest absolute Gasteiger partial charge is 0.231 e. The summed E-state index contributed by atoms with van der Waals surface area (Å²) in [5.74, 6) is 0.00143. The normalized spacial score (nSPS) is 13.8. The van der Waals surface area contributed by atoms with E-state index in [1.807, 2.05) is 0 Å². The Bertz CT molecular complexity index is 833. The molecule has 116 valence electrons. The van der Waals surface area contributed by atoms with Gasteiger partial charge in [-0.3, -0.25) is 9.59 Å². The molecule has 0 unspecified atom stereocenters. The maximum Gasteiger partial charge on any atom is 0.231 e. The zero-order valence-corrected chi connectivity index (χ0v) is 13.3. The number of Topliss-reactive ketones (excluding diaryl/α,β-unsaturated/α-hetero) is 2. The van der Waals surface area contributed by atoms with Gasteiger partial charge < -0.3 is 10.1 Å². The van der Waals surface area contributed by atoms with Crippen molar-refractivity contribution in [3.63, 3.8) is 0 Å². The molecule has 0 saturated heterocycles. The Morgan fingerprint density at radius 1 is 1.09 bits per heavy atom. The molecule has 1 aromatic heterocycles. The third kappa shape index (κ3) is 2.70. The van der Waals surface area contributed by atoms with Gasteiger partial charge in [-0.1, -0.05) is 6.07 Å². The van der Waals surface area contributed by atoms with Gasteiger partial charge in [0.25, 0.3) is 0 Å². The molecule has 0 saturated carbocycles. The quantitative estimate of drug-likeness (QED) is 0.924. The van der Waals surface area contributed by atoms with Gasteiger partial charge in [0.1, 0.15) is 22.8 Å². The highest BCUT2D eigenvalue weighted by atomic mass is 32.2. The molecule has 1 aromatic carbocycles. The molecule has 1 aliphatic rings. The predicted octanol–water partition coefficient (Wildman–Crippen LogP) is 2.55. The van der Waals surface area contributed by atoms with Crippen LogP contribution < -0.4 is 10.1 Å². The van der Waals surface area contributed by atoms with Crippen LogP contribution in [0.5, 0.6) is 5.75 Å². The maximum atomic E-state index is 12.7. The van der Waals surface area contributed by atoms with Crippen molar-refractivity contribution in [1.82, 2.24) is 9.97 Å². The highest BCUT2D eigenvalue weighted by Crippen LogP contribution is 2.31. The van der Waals surface area contributed by atoms with Crippen molar-refractivity contribution < 1.29 is 14.3 Å². The molecule has 3 rings (SSSR count). The fraction of sp³-hybridized carbons (Fsp3) is 0.125. The number of ether oxygens (including phenoxy) is 1. The minimum atomic E-state index is -0.347. The van der Waals surface area contributed by atoms with E-state index in [9.17, 15) is 9.59 Å². The highest BCUT2D eigenvalue weighted by Gasteiger charge is 2.34. The van der Waals surface area contributed by atoms with E-state index in [4.69, 9.17) is 4.74 Å². The molecule has 0 aliphatic heterocycles. The molecule has 0 atom stereocenters. The first-order valence-electron chi connectivity index (χ1n) is 6.75. The Labute approximate surface area is 137 Å². The lowest BCUT2D eigenvalue weighted by atomic mass is 10.0. The van der Waals surface area contributed by atoms with Crippen molar-refractivity contribution in [1.29, 1.82) is 0 Å². The molecule has 2 aromatic rings. The molecule has 0 spiro atoms. The number of benzene rings is 1. The SMILES string of the molecule is COc1cccc(NC2=C(SC)C(=O)c3nccnc3C2=O)c1. The number of anilines is 1. The van der Waals surface area contributed by atoms with Crippen LogP contribution in [0.15, 0.2) is 47.3 Å². The van der Waals surface area contributed by atoms with Crippen LogP contribution in [0.4, 0.5) is 5.69 Å². The van der Waals surface area contributed by atoms with Gasteiger partial charge in [-0.25, -0.2) is 9.97 Å². The first-order chi connectivity index (χ1) is 11.2. The number of nitrogens with one attached hydrogen (secondary N) is 1. The summed E-state index contributed by atoms with van der Waals surface area (Å²) in [4.78, 5) is 33.5. The second-order valence-electron chi connectivity index (χ2n) is 4.68. The Morgan fingerprint density at radius 3 is 2.43 bits per heavy atom.